The molecule has 0 heterocycles. The van der Waals surface area contributed by atoms with Crippen molar-refractivity contribution in [3.8, 4) is 0 Å². The van der Waals surface area contributed by atoms with Crippen LogP contribution in [0.5, 0.6) is 0 Å². The number of hydrogen-bond donors (Lipinski definition) is 1. The molecule has 1 fully saturated rings. The largest absolute Gasteiger partial charge is 0.356 e. The molecule has 0 unspecified atom stereocenters. The molecule has 10 heavy (non-hydrogen) atoms. The predicted octanol–water partition coefficient (Wildman–Crippen LogP) is 1.09. The summed E-state index contributed by atoms with van der Waals surface area (Å²) < 4.78 is 0. The molecule has 0 aromatic carbocycles. The van der Waals surface area contributed by atoms with E-state index in [1.807, 2.05) is 6.08 Å². The average molecular weight is 139 g/mol. The monoisotopic (exact) mass is 139 g/mol. The molecule has 56 valence electrons. The Morgan fingerprint density at radius 3 is 2.90 bits per heavy atom. The number of likely N-dealkylation sites (N-methyl/N-ethyl adjacent to an activating group) is 1. The van der Waals surface area contributed by atoms with Crippen LogP contribution in [-0.4, -0.2) is 13.0 Å². The Bertz CT molecular complexity index is 147. The molecular weight excluding hydrogens is 126 g/mol. The van der Waals surface area contributed by atoms with E-state index in [1.165, 1.54) is 12.8 Å². The smallest absolute Gasteiger partial charge is 0.243 e. The van der Waals surface area contributed by atoms with Crippen molar-refractivity contribution in [1.82, 2.24) is 5.32 Å². The molecule has 1 saturated carbocycles. The van der Waals surface area contributed by atoms with Crippen LogP contribution >= 0.6 is 0 Å². The number of allylic oxidation sites excluding steroid dienone is 1. The molecule has 0 atom stereocenters. The fourth-order valence-corrected chi connectivity index (χ4v) is 0.804. The van der Waals surface area contributed by atoms with Gasteiger partial charge in [-0.3, -0.25) is 4.79 Å². The summed E-state index contributed by atoms with van der Waals surface area (Å²) in [6, 6.07) is 0. The number of hydrogen-bond acceptors (Lipinski definition) is 1. The first-order chi connectivity index (χ1) is 4.83. The van der Waals surface area contributed by atoms with Crippen molar-refractivity contribution in [2.24, 2.45) is 5.92 Å². The van der Waals surface area contributed by atoms with Crippen LogP contribution in [-0.2, 0) is 4.79 Å². The predicted molar refractivity (Wildman–Crippen MR) is 40.5 cm³/mol. The third-order valence-electron chi connectivity index (χ3n) is 1.68. The van der Waals surface area contributed by atoms with Crippen LogP contribution in [0, 0.1) is 5.92 Å². The first-order valence-electron chi connectivity index (χ1n) is 3.71. The van der Waals surface area contributed by atoms with Gasteiger partial charge in [-0.2, -0.15) is 0 Å². The Morgan fingerprint density at radius 2 is 2.40 bits per heavy atom. The van der Waals surface area contributed by atoms with Crippen molar-refractivity contribution in [1.29, 1.82) is 0 Å². The van der Waals surface area contributed by atoms with Crippen LogP contribution in [0.3, 0.4) is 0 Å². The van der Waals surface area contributed by atoms with Crippen LogP contribution in [0.1, 0.15) is 19.3 Å². The standard InChI is InChI=1S/C8H13NO/c1-9-8(10)4-2-3-7-5-6-7/h2,4,7H,3,5-6H2,1H3,(H,9,10)/b4-2-. The lowest BCUT2D eigenvalue weighted by Crippen LogP contribution is -2.13. The van der Waals surface area contributed by atoms with E-state index >= 15 is 0 Å². The minimum Gasteiger partial charge on any atom is -0.356 e. The Labute approximate surface area is 61.3 Å². The van der Waals surface area contributed by atoms with Crippen molar-refractivity contribution in [2.45, 2.75) is 19.3 Å². The Kier molecular flexibility index (Phi) is 2.49. The lowest BCUT2D eigenvalue weighted by molar-refractivity contribution is -0.116. The lowest BCUT2D eigenvalue weighted by atomic mass is 10.3. The van der Waals surface area contributed by atoms with Crippen molar-refractivity contribution >= 4 is 5.91 Å². The number of carbonyl (C=O) groups is 1. The summed E-state index contributed by atoms with van der Waals surface area (Å²) in [6.07, 6.45) is 7.33. The van der Waals surface area contributed by atoms with E-state index in [0.29, 0.717) is 0 Å². The quantitative estimate of drug-likeness (QED) is 0.582. The highest BCUT2D eigenvalue weighted by Crippen LogP contribution is 2.32. The molecule has 0 saturated heterocycles. The van der Waals surface area contributed by atoms with E-state index in [-0.39, 0.29) is 5.91 Å². The molecule has 2 nitrogen and oxygen atoms in total. The van der Waals surface area contributed by atoms with Gasteiger partial charge in [0.25, 0.3) is 0 Å². The van der Waals surface area contributed by atoms with E-state index in [4.69, 9.17) is 0 Å². The van der Waals surface area contributed by atoms with E-state index in [2.05, 4.69) is 5.32 Å². The fraction of sp³-hybridized carbons (Fsp3) is 0.625. The second kappa shape index (κ2) is 3.40. The zero-order valence-corrected chi connectivity index (χ0v) is 6.26. The topological polar surface area (TPSA) is 29.1 Å². The molecule has 1 amide bonds. The number of carbonyl (C=O) groups excluding carboxylic acids is 1. The van der Waals surface area contributed by atoms with Crippen LogP contribution in [0.4, 0.5) is 0 Å². The normalized spacial score (nSPS) is 17.7. The highest BCUT2D eigenvalue weighted by atomic mass is 16.1. The highest BCUT2D eigenvalue weighted by Gasteiger charge is 2.18. The summed E-state index contributed by atoms with van der Waals surface area (Å²) >= 11 is 0. The zero-order valence-electron chi connectivity index (χ0n) is 6.26. The maximum atomic E-state index is 10.6. The SMILES string of the molecule is CNC(=O)/C=C\CC1CC1. The fourth-order valence-electron chi connectivity index (χ4n) is 0.804. The zero-order chi connectivity index (χ0) is 7.40. The molecule has 0 spiro atoms. The van der Waals surface area contributed by atoms with Gasteiger partial charge in [-0.15, -0.1) is 0 Å². The van der Waals surface area contributed by atoms with Crippen molar-refractivity contribution in [2.75, 3.05) is 7.05 Å². The first kappa shape index (κ1) is 7.32. The Morgan fingerprint density at radius 1 is 1.70 bits per heavy atom. The van der Waals surface area contributed by atoms with E-state index in [1.54, 1.807) is 13.1 Å². The number of nitrogens with one attached hydrogen (secondary N) is 1. The lowest BCUT2D eigenvalue weighted by Gasteiger charge is -1.88. The molecule has 0 aromatic heterocycles. The van der Waals surface area contributed by atoms with Gasteiger partial charge in [-0.25, -0.2) is 0 Å². The molecule has 0 aromatic rings. The summed E-state index contributed by atoms with van der Waals surface area (Å²) in [4.78, 5) is 10.6. The second-order valence-electron chi connectivity index (χ2n) is 2.70. The molecule has 0 aliphatic heterocycles. The Balaban J connectivity index is 2.08. The molecule has 0 bridgehead atoms. The molecule has 1 rings (SSSR count). The molecule has 1 aliphatic rings. The van der Waals surface area contributed by atoms with E-state index in [0.717, 1.165) is 12.3 Å². The minimum absolute atomic E-state index is 0.000602. The summed E-state index contributed by atoms with van der Waals surface area (Å²) in [5.74, 6) is 0.876. The van der Waals surface area contributed by atoms with Crippen molar-refractivity contribution in [3.63, 3.8) is 0 Å². The summed E-state index contributed by atoms with van der Waals surface area (Å²) in [5, 5.41) is 2.53. The third kappa shape index (κ3) is 2.67. The van der Waals surface area contributed by atoms with Crippen LogP contribution in [0.15, 0.2) is 12.2 Å². The van der Waals surface area contributed by atoms with E-state index in [9.17, 15) is 4.79 Å². The highest BCUT2D eigenvalue weighted by molar-refractivity contribution is 5.87. The average Bonchev–Trinajstić information content (AvgIpc) is 2.71. The molecule has 1 N–H and O–H groups in total. The van der Waals surface area contributed by atoms with Gasteiger partial charge in [-0.05, 0) is 31.3 Å². The maximum Gasteiger partial charge on any atom is 0.243 e. The molecule has 2 heteroatoms. The van der Waals surface area contributed by atoms with Crippen LogP contribution < -0.4 is 5.32 Å². The maximum absolute atomic E-state index is 10.6. The summed E-state index contributed by atoms with van der Waals surface area (Å²) in [7, 11) is 1.64. The molecule has 1 aliphatic carbocycles. The van der Waals surface area contributed by atoms with Crippen molar-refractivity contribution < 1.29 is 4.79 Å². The first-order valence-corrected chi connectivity index (χ1v) is 3.71. The van der Waals surface area contributed by atoms with Gasteiger partial charge in [-0.1, -0.05) is 6.08 Å². The summed E-state index contributed by atoms with van der Waals surface area (Å²) in [5.41, 5.74) is 0. The number of amides is 1. The minimum atomic E-state index is 0.000602. The number of rotatable bonds is 3. The third-order valence-corrected chi connectivity index (χ3v) is 1.68. The van der Waals surface area contributed by atoms with Gasteiger partial charge < -0.3 is 5.32 Å². The molecular formula is C8H13NO. The van der Waals surface area contributed by atoms with Gasteiger partial charge in [0.1, 0.15) is 0 Å². The van der Waals surface area contributed by atoms with Gasteiger partial charge in [0.15, 0.2) is 0 Å². The van der Waals surface area contributed by atoms with Gasteiger partial charge in [0.05, 0.1) is 0 Å². The van der Waals surface area contributed by atoms with Crippen molar-refractivity contribution in [3.05, 3.63) is 12.2 Å². The van der Waals surface area contributed by atoms with E-state index < -0.39 is 0 Å². The van der Waals surface area contributed by atoms with Gasteiger partial charge >= 0.3 is 0 Å². The van der Waals surface area contributed by atoms with Crippen LogP contribution in [0.2, 0.25) is 0 Å². The van der Waals surface area contributed by atoms with Crippen LogP contribution in [0.25, 0.3) is 0 Å². The summed E-state index contributed by atoms with van der Waals surface area (Å²) in [6.45, 7) is 0. The van der Waals surface area contributed by atoms with Gasteiger partial charge in [0.2, 0.25) is 5.91 Å². The Hall–Kier alpha value is -0.790. The molecule has 0 radical (unpaired) electrons. The van der Waals surface area contributed by atoms with Gasteiger partial charge in [0, 0.05) is 7.05 Å². The second-order valence-corrected chi connectivity index (χ2v) is 2.70.